The molecule has 4 nitrogen and oxygen atoms in total. The SMILES string of the molecule is Cc1ccccc1-c1c(C)c(CC(=O)O)nn1C. The first-order chi connectivity index (χ1) is 8.50. The van der Waals surface area contributed by atoms with Crippen molar-refractivity contribution < 1.29 is 9.90 Å². The van der Waals surface area contributed by atoms with E-state index in [2.05, 4.69) is 5.10 Å². The molecule has 0 radical (unpaired) electrons. The van der Waals surface area contributed by atoms with E-state index in [1.807, 2.05) is 45.2 Å². The molecular formula is C14H16N2O2. The molecule has 4 heteroatoms. The Bertz CT molecular complexity index is 600. The minimum Gasteiger partial charge on any atom is -0.481 e. The molecule has 0 spiro atoms. The summed E-state index contributed by atoms with van der Waals surface area (Å²) in [7, 11) is 1.85. The lowest BCUT2D eigenvalue weighted by atomic mass is 10.0. The van der Waals surface area contributed by atoms with Gasteiger partial charge in [-0.05, 0) is 25.0 Å². The fourth-order valence-corrected chi connectivity index (χ4v) is 2.21. The summed E-state index contributed by atoms with van der Waals surface area (Å²) in [4.78, 5) is 10.8. The topological polar surface area (TPSA) is 55.1 Å². The first-order valence-electron chi connectivity index (χ1n) is 5.81. The molecule has 0 atom stereocenters. The Morgan fingerprint density at radius 3 is 2.61 bits per heavy atom. The summed E-state index contributed by atoms with van der Waals surface area (Å²) < 4.78 is 1.76. The largest absolute Gasteiger partial charge is 0.481 e. The van der Waals surface area contributed by atoms with E-state index in [0.717, 1.165) is 22.4 Å². The summed E-state index contributed by atoms with van der Waals surface area (Å²) in [6.45, 7) is 3.96. The van der Waals surface area contributed by atoms with Crippen LogP contribution in [0.1, 0.15) is 16.8 Å². The minimum absolute atomic E-state index is 0.0362. The second-order valence-electron chi connectivity index (χ2n) is 4.43. The van der Waals surface area contributed by atoms with E-state index in [4.69, 9.17) is 5.11 Å². The van der Waals surface area contributed by atoms with E-state index in [-0.39, 0.29) is 6.42 Å². The van der Waals surface area contributed by atoms with E-state index >= 15 is 0 Å². The van der Waals surface area contributed by atoms with Crippen molar-refractivity contribution in [2.45, 2.75) is 20.3 Å². The van der Waals surface area contributed by atoms with Crippen LogP contribution in [0, 0.1) is 13.8 Å². The van der Waals surface area contributed by atoms with Gasteiger partial charge in [-0.1, -0.05) is 24.3 Å². The highest BCUT2D eigenvalue weighted by Crippen LogP contribution is 2.28. The maximum atomic E-state index is 10.8. The molecule has 1 N–H and O–H groups in total. The van der Waals surface area contributed by atoms with Crippen molar-refractivity contribution in [2.75, 3.05) is 0 Å². The minimum atomic E-state index is -0.854. The first-order valence-corrected chi connectivity index (χ1v) is 5.81. The van der Waals surface area contributed by atoms with Gasteiger partial charge in [0.2, 0.25) is 0 Å². The maximum absolute atomic E-state index is 10.8. The summed E-state index contributed by atoms with van der Waals surface area (Å²) >= 11 is 0. The summed E-state index contributed by atoms with van der Waals surface area (Å²) in [5, 5.41) is 13.2. The second-order valence-corrected chi connectivity index (χ2v) is 4.43. The number of carboxylic acid groups (broad SMARTS) is 1. The number of aromatic nitrogens is 2. The number of benzene rings is 1. The van der Waals surface area contributed by atoms with Gasteiger partial charge < -0.3 is 5.11 Å². The van der Waals surface area contributed by atoms with Crippen LogP contribution in [-0.2, 0) is 18.3 Å². The normalized spacial score (nSPS) is 10.6. The van der Waals surface area contributed by atoms with Gasteiger partial charge >= 0.3 is 5.97 Å². The Kier molecular flexibility index (Phi) is 3.19. The van der Waals surface area contributed by atoms with Crippen molar-refractivity contribution in [1.82, 2.24) is 9.78 Å². The van der Waals surface area contributed by atoms with Crippen molar-refractivity contribution in [3.8, 4) is 11.3 Å². The van der Waals surface area contributed by atoms with Gasteiger partial charge in [0.25, 0.3) is 0 Å². The van der Waals surface area contributed by atoms with Crippen molar-refractivity contribution in [2.24, 2.45) is 7.05 Å². The molecule has 0 saturated carbocycles. The predicted molar refractivity (Wildman–Crippen MR) is 69.5 cm³/mol. The molecule has 0 amide bonds. The van der Waals surface area contributed by atoms with Crippen LogP contribution in [0.5, 0.6) is 0 Å². The summed E-state index contributed by atoms with van der Waals surface area (Å²) in [6, 6.07) is 8.04. The molecule has 2 rings (SSSR count). The van der Waals surface area contributed by atoms with Gasteiger partial charge in [-0.15, -0.1) is 0 Å². The van der Waals surface area contributed by atoms with Crippen molar-refractivity contribution in [3.05, 3.63) is 41.1 Å². The molecule has 0 aliphatic rings. The number of hydrogen-bond donors (Lipinski definition) is 1. The van der Waals surface area contributed by atoms with Gasteiger partial charge in [0, 0.05) is 12.6 Å². The standard InChI is InChI=1S/C14H16N2O2/c1-9-6-4-5-7-11(9)14-10(2)12(8-13(17)18)15-16(14)3/h4-7H,8H2,1-3H3,(H,17,18). The fourth-order valence-electron chi connectivity index (χ4n) is 2.21. The lowest BCUT2D eigenvalue weighted by Gasteiger charge is -2.07. The average molecular weight is 244 g/mol. The Labute approximate surface area is 106 Å². The average Bonchev–Trinajstić information content (AvgIpc) is 2.55. The van der Waals surface area contributed by atoms with Crippen LogP contribution in [-0.4, -0.2) is 20.9 Å². The van der Waals surface area contributed by atoms with Crippen LogP contribution in [0.2, 0.25) is 0 Å². The first kappa shape index (κ1) is 12.4. The van der Waals surface area contributed by atoms with Gasteiger partial charge in [-0.2, -0.15) is 5.10 Å². The van der Waals surface area contributed by atoms with Crippen molar-refractivity contribution in [1.29, 1.82) is 0 Å². The number of aryl methyl sites for hydroxylation is 2. The monoisotopic (exact) mass is 244 g/mol. The number of carbonyl (C=O) groups is 1. The summed E-state index contributed by atoms with van der Waals surface area (Å²) in [5.74, 6) is -0.854. The van der Waals surface area contributed by atoms with E-state index < -0.39 is 5.97 Å². The summed E-state index contributed by atoms with van der Waals surface area (Å²) in [5.41, 5.74) is 4.81. The highest BCUT2D eigenvalue weighted by atomic mass is 16.4. The molecule has 18 heavy (non-hydrogen) atoms. The van der Waals surface area contributed by atoms with Crippen LogP contribution < -0.4 is 0 Å². The van der Waals surface area contributed by atoms with Gasteiger partial charge in [-0.3, -0.25) is 9.48 Å². The molecule has 0 fully saturated rings. The lowest BCUT2D eigenvalue weighted by molar-refractivity contribution is -0.136. The molecule has 1 aromatic heterocycles. The van der Waals surface area contributed by atoms with Gasteiger partial charge in [0.05, 0.1) is 17.8 Å². The second kappa shape index (κ2) is 4.64. The molecule has 1 aromatic carbocycles. The van der Waals surface area contributed by atoms with Crippen LogP contribution in [0.25, 0.3) is 11.3 Å². The zero-order valence-electron chi connectivity index (χ0n) is 10.8. The van der Waals surface area contributed by atoms with E-state index in [0.29, 0.717) is 5.69 Å². The highest BCUT2D eigenvalue weighted by Gasteiger charge is 2.16. The van der Waals surface area contributed by atoms with Crippen LogP contribution in [0.15, 0.2) is 24.3 Å². The zero-order valence-corrected chi connectivity index (χ0v) is 10.8. The maximum Gasteiger partial charge on any atom is 0.309 e. The van der Waals surface area contributed by atoms with Gasteiger partial charge in [0.15, 0.2) is 0 Å². The third kappa shape index (κ3) is 2.14. The highest BCUT2D eigenvalue weighted by molar-refractivity contribution is 5.73. The van der Waals surface area contributed by atoms with Crippen LogP contribution in [0.3, 0.4) is 0 Å². The van der Waals surface area contributed by atoms with Crippen molar-refractivity contribution in [3.63, 3.8) is 0 Å². The predicted octanol–water partition coefficient (Wildman–Crippen LogP) is 2.33. The lowest BCUT2D eigenvalue weighted by Crippen LogP contribution is -2.02. The van der Waals surface area contributed by atoms with Gasteiger partial charge in [0.1, 0.15) is 0 Å². The quantitative estimate of drug-likeness (QED) is 0.901. The van der Waals surface area contributed by atoms with Crippen LogP contribution in [0.4, 0.5) is 0 Å². The molecule has 0 aliphatic carbocycles. The number of aliphatic carboxylic acids is 1. The Morgan fingerprint density at radius 2 is 2.00 bits per heavy atom. The molecule has 94 valence electrons. The van der Waals surface area contributed by atoms with Crippen molar-refractivity contribution >= 4 is 5.97 Å². The fraction of sp³-hybridized carbons (Fsp3) is 0.286. The summed E-state index contributed by atoms with van der Waals surface area (Å²) in [6.07, 6.45) is -0.0362. The third-order valence-corrected chi connectivity index (χ3v) is 3.10. The molecule has 0 bridgehead atoms. The Hall–Kier alpha value is -2.10. The number of rotatable bonds is 3. The molecular weight excluding hydrogens is 228 g/mol. The molecule has 2 aromatic rings. The third-order valence-electron chi connectivity index (χ3n) is 3.10. The molecule has 1 heterocycles. The van der Waals surface area contributed by atoms with E-state index in [9.17, 15) is 4.79 Å². The number of nitrogens with zero attached hydrogens (tertiary/aromatic N) is 2. The van der Waals surface area contributed by atoms with E-state index in [1.165, 1.54) is 0 Å². The number of carboxylic acids is 1. The smallest absolute Gasteiger partial charge is 0.309 e. The molecule has 0 saturated heterocycles. The Morgan fingerprint density at radius 1 is 1.33 bits per heavy atom. The van der Waals surface area contributed by atoms with Gasteiger partial charge in [-0.25, -0.2) is 0 Å². The zero-order chi connectivity index (χ0) is 13.3. The molecule has 0 aliphatic heterocycles. The number of hydrogen-bond acceptors (Lipinski definition) is 2. The van der Waals surface area contributed by atoms with E-state index in [1.54, 1.807) is 4.68 Å². The molecule has 0 unspecified atom stereocenters. The van der Waals surface area contributed by atoms with Crippen LogP contribution >= 0.6 is 0 Å². The Balaban J connectivity index is 2.56.